The lowest BCUT2D eigenvalue weighted by molar-refractivity contribution is -0.183. The van der Waals surface area contributed by atoms with Crippen molar-refractivity contribution in [3.05, 3.63) is 35.9 Å². The monoisotopic (exact) mass is 288 g/mol. The van der Waals surface area contributed by atoms with Gasteiger partial charge in [-0.2, -0.15) is 13.2 Å². The Balaban J connectivity index is 2.80. The van der Waals surface area contributed by atoms with Crippen LogP contribution in [0.3, 0.4) is 0 Å². The summed E-state index contributed by atoms with van der Waals surface area (Å²) in [6, 6.07) is 6.33. The lowest BCUT2D eigenvalue weighted by Gasteiger charge is -2.31. The van der Waals surface area contributed by atoms with Crippen LogP contribution in [0.15, 0.2) is 30.3 Å². The molecule has 0 radical (unpaired) electrons. The third-order valence-corrected chi connectivity index (χ3v) is 3.54. The molecule has 114 valence electrons. The molecule has 0 saturated carbocycles. The summed E-state index contributed by atoms with van der Waals surface area (Å²) in [5.41, 5.74) is 6.17. The molecule has 0 spiro atoms. The fraction of sp³-hybridized carbons (Fsp3) is 0.600. The van der Waals surface area contributed by atoms with Crippen LogP contribution in [0.2, 0.25) is 0 Å². The van der Waals surface area contributed by atoms with Crippen molar-refractivity contribution >= 4 is 0 Å². The molecule has 2 unspecified atom stereocenters. The number of rotatable bonds is 6. The standard InChI is InChI=1S/C15H23F3N2/c1-11(2)13(19)9-10-20(3)14(15(16,17)18)12-7-5-4-6-8-12/h4-8,11,13-14H,9-10,19H2,1-3H3. The van der Waals surface area contributed by atoms with E-state index in [2.05, 4.69) is 0 Å². The number of benzene rings is 1. The number of halogens is 3. The first-order valence-corrected chi connectivity index (χ1v) is 6.81. The summed E-state index contributed by atoms with van der Waals surface area (Å²) in [5.74, 6) is 0.268. The zero-order valence-electron chi connectivity index (χ0n) is 12.2. The number of alkyl halides is 3. The molecule has 0 aliphatic heterocycles. The Kier molecular flexibility index (Phi) is 6.02. The van der Waals surface area contributed by atoms with E-state index in [1.165, 1.54) is 24.1 Å². The highest BCUT2D eigenvalue weighted by atomic mass is 19.4. The topological polar surface area (TPSA) is 29.3 Å². The molecule has 0 aliphatic rings. The summed E-state index contributed by atoms with van der Waals surface area (Å²) in [4.78, 5) is 1.33. The number of hydrogen-bond donors (Lipinski definition) is 1. The van der Waals surface area contributed by atoms with E-state index in [1.54, 1.807) is 18.2 Å². The molecule has 1 rings (SSSR count). The average Bonchev–Trinajstić information content (AvgIpc) is 2.35. The molecule has 0 aliphatic carbocycles. The van der Waals surface area contributed by atoms with Crippen LogP contribution >= 0.6 is 0 Å². The largest absolute Gasteiger partial charge is 0.408 e. The van der Waals surface area contributed by atoms with Gasteiger partial charge in [0.15, 0.2) is 0 Å². The van der Waals surface area contributed by atoms with E-state index in [0.717, 1.165) is 0 Å². The van der Waals surface area contributed by atoms with Gasteiger partial charge in [0, 0.05) is 12.6 Å². The van der Waals surface area contributed by atoms with Crippen molar-refractivity contribution in [2.45, 2.75) is 38.5 Å². The predicted octanol–water partition coefficient (Wildman–Crippen LogP) is 3.60. The van der Waals surface area contributed by atoms with Crippen LogP contribution in [0, 0.1) is 5.92 Å². The molecule has 0 saturated heterocycles. The van der Waals surface area contributed by atoms with Gasteiger partial charge in [0.25, 0.3) is 0 Å². The average molecular weight is 288 g/mol. The van der Waals surface area contributed by atoms with Crippen LogP contribution in [0.25, 0.3) is 0 Å². The molecule has 0 heterocycles. The van der Waals surface area contributed by atoms with E-state index < -0.39 is 12.2 Å². The Morgan fingerprint density at radius 2 is 1.70 bits per heavy atom. The van der Waals surface area contributed by atoms with Crippen molar-refractivity contribution in [2.75, 3.05) is 13.6 Å². The molecule has 1 aromatic rings. The quantitative estimate of drug-likeness (QED) is 0.866. The summed E-state index contributed by atoms with van der Waals surface area (Å²) in [6.07, 6.45) is -3.74. The summed E-state index contributed by atoms with van der Waals surface area (Å²) in [7, 11) is 1.50. The molecule has 20 heavy (non-hydrogen) atoms. The predicted molar refractivity (Wildman–Crippen MR) is 75.3 cm³/mol. The van der Waals surface area contributed by atoms with Gasteiger partial charge in [0.05, 0.1) is 0 Å². The van der Waals surface area contributed by atoms with Crippen LogP contribution in [0.5, 0.6) is 0 Å². The van der Waals surface area contributed by atoms with Crippen LogP contribution < -0.4 is 5.73 Å². The van der Waals surface area contributed by atoms with E-state index in [1.807, 2.05) is 13.8 Å². The van der Waals surface area contributed by atoms with Gasteiger partial charge in [-0.25, -0.2) is 0 Å². The fourth-order valence-corrected chi connectivity index (χ4v) is 2.14. The van der Waals surface area contributed by atoms with Crippen LogP contribution in [0.4, 0.5) is 13.2 Å². The SMILES string of the molecule is CC(C)C(N)CCN(C)C(c1ccccc1)C(F)(F)F. The molecule has 2 atom stereocenters. The lowest BCUT2D eigenvalue weighted by Crippen LogP contribution is -2.39. The zero-order valence-corrected chi connectivity index (χ0v) is 12.2. The minimum Gasteiger partial charge on any atom is -0.327 e. The minimum absolute atomic E-state index is 0.0814. The first kappa shape index (κ1) is 17.0. The second-order valence-corrected chi connectivity index (χ2v) is 5.53. The van der Waals surface area contributed by atoms with Gasteiger partial charge in [-0.1, -0.05) is 44.2 Å². The van der Waals surface area contributed by atoms with Crippen LogP contribution in [0.1, 0.15) is 31.9 Å². The molecule has 0 bridgehead atoms. The van der Waals surface area contributed by atoms with Crippen LogP contribution in [-0.4, -0.2) is 30.7 Å². The highest BCUT2D eigenvalue weighted by Crippen LogP contribution is 2.36. The third-order valence-electron chi connectivity index (χ3n) is 3.54. The van der Waals surface area contributed by atoms with Gasteiger partial charge in [-0.15, -0.1) is 0 Å². The smallest absolute Gasteiger partial charge is 0.327 e. The maximum absolute atomic E-state index is 13.3. The van der Waals surface area contributed by atoms with E-state index in [9.17, 15) is 13.2 Å². The fourth-order valence-electron chi connectivity index (χ4n) is 2.14. The van der Waals surface area contributed by atoms with E-state index in [-0.39, 0.29) is 17.5 Å². The number of nitrogens with zero attached hydrogens (tertiary/aromatic N) is 1. The van der Waals surface area contributed by atoms with Gasteiger partial charge < -0.3 is 5.73 Å². The van der Waals surface area contributed by atoms with Crippen molar-refractivity contribution in [1.29, 1.82) is 0 Å². The molecule has 2 N–H and O–H groups in total. The molecular formula is C15H23F3N2. The van der Waals surface area contributed by atoms with E-state index in [4.69, 9.17) is 5.73 Å². The first-order chi connectivity index (χ1) is 9.23. The second-order valence-electron chi connectivity index (χ2n) is 5.53. The van der Waals surface area contributed by atoms with Gasteiger partial charge in [0.1, 0.15) is 6.04 Å². The lowest BCUT2D eigenvalue weighted by atomic mass is 10.0. The summed E-state index contributed by atoms with van der Waals surface area (Å²) >= 11 is 0. The number of hydrogen-bond acceptors (Lipinski definition) is 2. The maximum Gasteiger partial charge on any atom is 0.408 e. The highest BCUT2D eigenvalue weighted by molar-refractivity contribution is 5.20. The normalized spacial score (nSPS) is 15.7. The Hall–Kier alpha value is -1.07. The van der Waals surface area contributed by atoms with Crippen molar-refractivity contribution in [3.8, 4) is 0 Å². The summed E-state index contributed by atoms with van der Waals surface area (Å²) < 4.78 is 39.8. The molecule has 0 fully saturated rings. The summed E-state index contributed by atoms with van der Waals surface area (Å²) in [5, 5.41) is 0. The van der Waals surface area contributed by atoms with E-state index in [0.29, 0.717) is 13.0 Å². The van der Waals surface area contributed by atoms with Crippen molar-refractivity contribution < 1.29 is 13.2 Å². The first-order valence-electron chi connectivity index (χ1n) is 6.81. The molecule has 5 heteroatoms. The summed E-state index contributed by atoms with van der Waals surface area (Å²) in [6.45, 7) is 4.27. The molecule has 2 nitrogen and oxygen atoms in total. The Morgan fingerprint density at radius 3 is 2.15 bits per heavy atom. The maximum atomic E-state index is 13.3. The second kappa shape index (κ2) is 7.09. The highest BCUT2D eigenvalue weighted by Gasteiger charge is 2.43. The molecule has 0 aromatic heterocycles. The molecule has 1 aromatic carbocycles. The Bertz CT molecular complexity index is 390. The Labute approximate surface area is 118 Å². The van der Waals surface area contributed by atoms with Crippen LogP contribution in [-0.2, 0) is 0 Å². The van der Waals surface area contributed by atoms with E-state index >= 15 is 0 Å². The zero-order chi connectivity index (χ0) is 15.3. The minimum atomic E-state index is -4.29. The molecular weight excluding hydrogens is 265 g/mol. The van der Waals surface area contributed by atoms with Crippen molar-refractivity contribution in [3.63, 3.8) is 0 Å². The van der Waals surface area contributed by atoms with Gasteiger partial charge in [-0.3, -0.25) is 4.90 Å². The number of nitrogens with two attached hydrogens (primary N) is 1. The van der Waals surface area contributed by atoms with Gasteiger partial charge >= 0.3 is 6.18 Å². The van der Waals surface area contributed by atoms with Crippen molar-refractivity contribution in [1.82, 2.24) is 4.90 Å². The van der Waals surface area contributed by atoms with Gasteiger partial charge in [-0.05, 0) is 24.9 Å². The van der Waals surface area contributed by atoms with Crippen molar-refractivity contribution in [2.24, 2.45) is 11.7 Å². The van der Waals surface area contributed by atoms with Gasteiger partial charge in [0.2, 0.25) is 0 Å². The Morgan fingerprint density at radius 1 is 1.15 bits per heavy atom. The third kappa shape index (κ3) is 4.80. The molecule has 0 amide bonds.